The number of piperidine rings is 1. The Balaban J connectivity index is 1.29. The van der Waals surface area contributed by atoms with Crippen LogP contribution >= 0.6 is 0 Å². The number of imide groups is 1. The molecule has 0 N–H and O–H groups in total. The minimum atomic E-state index is -0.287. The van der Waals surface area contributed by atoms with Crippen LogP contribution in [-0.2, 0) is 4.79 Å². The van der Waals surface area contributed by atoms with Gasteiger partial charge in [0, 0.05) is 46.0 Å². The van der Waals surface area contributed by atoms with Gasteiger partial charge in [0.2, 0.25) is 5.91 Å². The molecule has 0 saturated carbocycles. The van der Waals surface area contributed by atoms with Crippen molar-refractivity contribution in [3.8, 4) is 5.88 Å². The third-order valence-electron chi connectivity index (χ3n) is 5.73. The number of carbonyl (C=O) groups is 3. The van der Waals surface area contributed by atoms with E-state index in [-0.39, 0.29) is 36.8 Å². The third-order valence-corrected chi connectivity index (χ3v) is 5.73. The van der Waals surface area contributed by atoms with Crippen LogP contribution in [0.5, 0.6) is 5.88 Å². The molecule has 2 aromatic rings. The molecule has 1 unspecified atom stereocenters. The molecule has 3 amide bonds. The number of likely N-dealkylation sites (tertiary alicyclic amines) is 1. The first kappa shape index (κ1) is 21.7. The number of rotatable bonds is 7. The molecule has 1 aromatic heterocycles. The fourth-order valence-electron chi connectivity index (χ4n) is 4.12. The summed E-state index contributed by atoms with van der Waals surface area (Å²) in [4.78, 5) is 51.1. The van der Waals surface area contributed by atoms with Crippen LogP contribution < -0.4 is 9.64 Å². The number of benzene rings is 1. The van der Waals surface area contributed by atoms with Crippen molar-refractivity contribution in [1.29, 1.82) is 0 Å². The van der Waals surface area contributed by atoms with Gasteiger partial charge in [0.25, 0.3) is 17.7 Å². The van der Waals surface area contributed by atoms with Crippen LogP contribution in [0.1, 0.15) is 46.4 Å². The molecule has 9 heteroatoms. The van der Waals surface area contributed by atoms with Gasteiger partial charge in [-0.3, -0.25) is 19.3 Å². The first-order chi connectivity index (χ1) is 15.5. The SMILES string of the molecule is CN(C)c1nccnc1OC1CCCN(C(=O)CCCN2C(=O)c3ccccc3C2=O)C1. The summed E-state index contributed by atoms with van der Waals surface area (Å²) in [6.45, 7) is 1.39. The van der Waals surface area contributed by atoms with Crippen LogP contribution in [0.3, 0.4) is 0 Å². The number of amides is 3. The second-order valence-corrected chi connectivity index (χ2v) is 8.21. The Morgan fingerprint density at radius 2 is 1.81 bits per heavy atom. The fraction of sp³-hybridized carbons (Fsp3) is 0.435. The van der Waals surface area contributed by atoms with E-state index in [9.17, 15) is 14.4 Å². The normalized spacial score (nSPS) is 18.0. The Labute approximate surface area is 187 Å². The van der Waals surface area contributed by atoms with Crippen LogP contribution in [0.4, 0.5) is 5.82 Å². The number of anilines is 1. The molecule has 0 radical (unpaired) electrons. The number of fused-ring (bicyclic) bond motifs is 1. The first-order valence-electron chi connectivity index (χ1n) is 10.8. The summed E-state index contributed by atoms with van der Waals surface area (Å²) in [7, 11) is 3.75. The van der Waals surface area contributed by atoms with E-state index in [1.54, 1.807) is 41.6 Å². The van der Waals surface area contributed by atoms with Crippen molar-refractivity contribution in [2.24, 2.45) is 0 Å². The Bertz CT molecular complexity index is 990. The molecule has 32 heavy (non-hydrogen) atoms. The Kier molecular flexibility index (Phi) is 6.34. The van der Waals surface area contributed by atoms with Gasteiger partial charge in [-0.1, -0.05) is 12.1 Å². The van der Waals surface area contributed by atoms with Crippen molar-refractivity contribution in [2.75, 3.05) is 38.6 Å². The number of hydrogen-bond donors (Lipinski definition) is 0. The van der Waals surface area contributed by atoms with Crippen LogP contribution in [0.2, 0.25) is 0 Å². The van der Waals surface area contributed by atoms with E-state index in [0.29, 0.717) is 42.3 Å². The zero-order chi connectivity index (χ0) is 22.7. The first-order valence-corrected chi connectivity index (χ1v) is 10.8. The fourth-order valence-corrected chi connectivity index (χ4v) is 4.12. The van der Waals surface area contributed by atoms with E-state index in [0.717, 1.165) is 12.8 Å². The minimum absolute atomic E-state index is 0.00175. The van der Waals surface area contributed by atoms with Gasteiger partial charge in [-0.25, -0.2) is 9.97 Å². The predicted molar refractivity (Wildman–Crippen MR) is 118 cm³/mol. The van der Waals surface area contributed by atoms with Gasteiger partial charge in [-0.15, -0.1) is 0 Å². The maximum absolute atomic E-state index is 12.8. The second-order valence-electron chi connectivity index (χ2n) is 8.21. The Morgan fingerprint density at radius 1 is 1.12 bits per heavy atom. The average molecular weight is 438 g/mol. The van der Waals surface area contributed by atoms with Crippen LogP contribution in [0.15, 0.2) is 36.7 Å². The van der Waals surface area contributed by atoms with E-state index in [2.05, 4.69) is 9.97 Å². The lowest BCUT2D eigenvalue weighted by molar-refractivity contribution is -0.134. The molecular weight excluding hydrogens is 410 g/mol. The predicted octanol–water partition coefficient (Wildman–Crippen LogP) is 1.99. The Morgan fingerprint density at radius 3 is 2.50 bits per heavy atom. The van der Waals surface area contributed by atoms with E-state index < -0.39 is 0 Å². The maximum Gasteiger partial charge on any atom is 0.261 e. The molecule has 3 heterocycles. The maximum atomic E-state index is 12.8. The molecule has 4 rings (SSSR count). The van der Waals surface area contributed by atoms with E-state index in [4.69, 9.17) is 4.74 Å². The second kappa shape index (κ2) is 9.33. The summed E-state index contributed by atoms with van der Waals surface area (Å²) in [5.41, 5.74) is 0.863. The molecule has 1 saturated heterocycles. The average Bonchev–Trinajstić information content (AvgIpc) is 3.04. The van der Waals surface area contributed by atoms with Gasteiger partial charge in [0.1, 0.15) is 6.10 Å². The van der Waals surface area contributed by atoms with E-state index in [1.165, 1.54) is 4.90 Å². The van der Waals surface area contributed by atoms with Crippen molar-refractivity contribution in [3.05, 3.63) is 47.8 Å². The third kappa shape index (κ3) is 4.42. The number of ether oxygens (including phenoxy) is 1. The lowest BCUT2D eigenvalue weighted by Gasteiger charge is -2.33. The summed E-state index contributed by atoms with van der Waals surface area (Å²) < 4.78 is 6.07. The summed E-state index contributed by atoms with van der Waals surface area (Å²) in [5, 5.41) is 0. The lowest BCUT2D eigenvalue weighted by Crippen LogP contribution is -2.44. The van der Waals surface area contributed by atoms with Gasteiger partial charge in [0.15, 0.2) is 5.82 Å². The summed E-state index contributed by atoms with van der Waals surface area (Å²) in [6, 6.07) is 6.81. The van der Waals surface area contributed by atoms with Crippen LogP contribution in [0, 0.1) is 0 Å². The summed E-state index contributed by atoms with van der Waals surface area (Å²) in [5.74, 6) is 0.538. The zero-order valence-electron chi connectivity index (χ0n) is 18.4. The molecule has 0 aliphatic carbocycles. The largest absolute Gasteiger partial charge is 0.470 e. The quantitative estimate of drug-likeness (QED) is 0.611. The Hall–Kier alpha value is -3.49. The van der Waals surface area contributed by atoms with Crippen molar-refractivity contribution >= 4 is 23.5 Å². The highest BCUT2D eigenvalue weighted by Gasteiger charge is 2.35. The molecular formula is C23H27N5O4. The van der Waals surface area contributed by atoms with Crippen molar-refractivity contribution in [3.63, 3.8) is 0 Å². The molecule has 2 aliphatic rings. The van der Waals surface area contributed by atoms with Crippen molar-refractivity contribution < 1.29 is 19.1 Å². The van der Waals surface area contributed by atoms with Crippen molar-refractivity contribution in [2.45, 2.75) is 31.8 Å². The molecule has 9 nitrogen and oxygen atoms in total. The van der Waals surface area contributed by atoms with Gasteiger partial charge in [-0.2, -0.15) is 0 Å². The van der Waals surface area contributed by atoms with Gasteiger partial charge in [0.05, 0.1) is 17.7 Å². The number of hydrogen-bond acceptors (Lipinski definition) is 7. The molecule has 1 aromatic carbocycles. The van der Waals surface area contributed by atoms with Crippen LogP contribution in [-0.4, -0.2) is 77.3 Å². The summed E-state index contributed by atoms with van der Waals surface area (Å²) >= 11 is 0. The minimum Gasteiger partial charge on any atom is -0.470 e. The van der Waals surface area contributed by atoms with E-state index >= 15 is 0 Å². The molecule has 0 bridgehead atoms. The smallest absolute Gasteiger partial charge is 0.261 e. The summed E-state index contributed by atoms with van der Waals surface area (Å²) in [6.07, 6.45) is 5.43. The van der Waals surface area contributed by atoms with E-state index in [1.807, 2.05) is 19.0 Å². The number of aromatic nitrogens is 2. The monoisotopic (exact) mass is 437 g/mol. The van der Waals surface area contributed by atoms with Crippen LogP contribution in [0.25, 0.3) is 0 Å². The van der Waals surface area contributed by atoms with Gasteiger partial charge < -0.3 is 14.5 Å². The molecule has 1 atom stereocenters. The number of nitrogens with zero attached hydrogens (tertiary/aromatic N) is 5. The standard InChI is InChI=1S/C23H27N5O4/c1-26(2)20-21(25-12-11-24-20)32-16-7-5-13-27(15-16)19(29)10-6-14-28-22(30)17-8-3-4-9-18(17)23(28)31/h3-4,8-9,11-12,16H,5-7,10,13-15H2,1-2H3. The highest BCUT2D eigenvalue weighted by atomic mass is 16.5. The van der Waals surface area contributed by atoms with Crippen molar-refractivity contribution in [1.82, 2.24) is 19.8 Å². The van der Waals surface area contributed by atoms with Gasteiger partial charge >= 0.3 is 0 Å². The van der Waals surface area contributed by atoms with Gasteiger partial charge in [-0.05, 0) is 31.4 Å². The molecule has 1 fully saturated rings. The lowest BCUT2D eigenvalue weighted by atomic mass is 10.1. The molecule has 0 spiro atoms. The topological polar surface area (TPSA) is 95.9 Å². The molecule has 168 valence electrons. The number of carbonyl (C=O) groups excluding carboxylic acids is 3. The highest BCUT2D eigenvalue weighted by molar-refractivity contribution is 6.21. The zero-order valence-corrected chi connectivity index (χ0v) is 18.4. The molecule has 2 aliphatic heterocycles. The highest BCUT2D eigenvalue weighted by Crippen LogP contribution is 2.25.